The van der Waals surface area contributed by atoms with E-state index in [-0.39, 0.29) is 0 Å². The van der Waals surface area contributed by atoms with Crippen molar-refractivity contribution < 1.29 is 0 Å². The summed E-state index contributed by atoms with van der Waals surface area (Å²) in [7, 11) is 0. The van der Waals surface area contributed by atoms with Crippen LogP contribution in [0.5, 0.6) is 0 Å². The largest absolute Gasteiger partial charge is 0.382 e. The zero-order valence-electron chi connectivity index (χ0n) is 13.2. The van der Waals surface area contributed by atoms with E-state index in [1.54, 1.807) is 6.07 Å². The highest BCUT2D eigenvalue weighted by Gasteiger charge is 2.21. The van der Waals surface area contributed by atoms with E-state index < -0.39 is 0 Å². The molecule has 1 fully saturated rings. The van der Waals surface area contributed by atoms with Gasteiger partial charge in [0, 0.05) is 34.1 Å². The number of anilines is 1. The van der Waals surface area contributed by atoms with Crippen molar-refractivity contribution in [3.05, 3.63) is 34.6 Å². The van der Waals surface area contributed by atoms with Crippen LogP contribution in [0.3, 0.4) is 0 Å². The van der Waals surface area contributed by atoms with E-state index in [1.165, 1.54) is 30.9 Å². The van der Waals surface area contributed by atoms with Gasteiger partial charge in [0.2, 0.25) is 0 Å². The van der Waals surface area contributed by atoms with Crippen molar-refractivity contribution in [1.29, 1.82) is 0 Å². The van der Waals surface area contributed by atoms with Crippen LogP contribution in [0.4, 0.5) is 5.82 Å². The molecule has 25 heavy (non-hydrogen) atoms. The van der Waals surface area contributed by atoms with Crippen molar-refractivity contribution in [2.24, 2.45) is 0 Å². The molecule has 0 bridgehead atoms. The third-order valence-corrected chi connectivity index (χ3v) is 5.32. The van der Waals surface area contributed by atoms with Crippen LogP contribution in [-0.2, 0) is 6.54 Å². The summed E-state index contributed by atoms with van der Waals surface area (Å²) in [5.41, 5.74) is 7.32. The number of nitrogens with two attached hydrogens (primary N) is 1. The minimum Gasteiger partial charge on any atom is -0.382 e. The van der Waals surface area contributed by atoms with Gasteiger partial charge in [-0.05, 0) is 31.0 Å². The number of aromatic nitrogens is 4. The molecule has 1 aliphatic carbocycles. The van der Waals surface area contributed by atoms with Gasteiger partial charge in [-0.25, -0.2) is 15.0 Å². The first-order valence-corrected chi connectivity index (χ1v) is 9.51. The molecule has 0 radical (unpaired) electrons. The number of nitrogens with zero attached hydrogens (tertiary/aromatic N) is 4. The zero-order valence-corrected chi connectivity index (χ0v) is 15.6. The summed E-state index contributed by atoms with van der Waals surface area (Å²) in [5.74, 6) is 0.380. The molecule has 0 atom stereocenters. The average molecular weight is 395 g/mol. The molecule has 130 valence electrons. The van der Waals surface area contributed by atoms with Crippen LogP contribution >= 0.6 is 35.0 Å². The molecule has 1 aliphatic rings. The molecule has 1 saturated carbocycles. The Morgan fingerprint density at radius 1 is 1.20 bits per heavy atom. The summed E-state index contributed by atoms with van der Waals surface area (Å²) in [6.07, 6.45) is 3.97. The van der Waals surface area contributed by atoms with E-state index in [2.05, 4.69) is 24.8 Å². The number of hydrogen-bond donors (Lipinski definition) is 2. The molecular formula is C16H16Cl2N6S. The van der Waals surface area contributed by atoms with Crippen LogP contribution in [0.2, 0.25) is 10.0 Å². The normalized spacial score (nSPS) is 14.3. The lowest BCUT2D eigenvalue weighted by atomic mass is 10.4. The van der Waals surface area contributed by atoms with Gasteiger partial charge >= 0.3 is 0 Å². The predicted octanol–water partition coefficient (Wildman–Crippen LogP) is 3.62. The highest BCUT2D eigenvalue weighted by molar-refractivity contribution is 7.99. The summed E-state index contributed by atoms with van der Waals surface area (Å²) in [6.45, 7) is 1.60. The van der Waals surface area contributed by atoms with Crippen LogP contribution in [0, 0.1) is 0 Å². The maximum atomic E-state index is 6.11. The SMILES string of the molecule is Nc1ncnc2c1nc(Sc1cc(Cl)cc(Cl)c1)n2CCNC1CC1. The number of fused-ring (bicyclic) bond motifs is 1. The Hall–Kier alpha value is -1.54. The summed E-state index contributed by atoms with van der Waals surface area (Å²) >= 11 is 13.7. The van der Waals surface area contributed by atoms with Crippen molar-refractivity contribution in [2.75, 3.05) is 12.3 Å². The Kier molecular flexibility index (Phi) is 4.73. The fourth-order valence-corrected chi connectivity index (χ4v) is 4.24. The molecule has 0 saturated heterocycles. The van der Waals surface area contributed by atoms with Gasteiger partial charge < -0.3 is 15.6 Å². The molecule has 0 unspecified atom stereocenters. The minimum absolute atomic E-state index is 0.380. The average Bonchev–Trinajstić information content (AvgIpc) is 3.30. The van der Waals surface area contributed by atoms with E-state index in [9.17, 15) is 0 Å². The Morgan fingerprint density at radius 2 is 1.96 bits per heavy atom. The summed E-state index contributed by atoms with van der Waals surface area (Å²) in [4.78, 5) is 14.0. The molecule has 9 heteroatoms. The van der Waals surface area contributed by atoms with Gasteiger partial charge in [-0.3, -0.25) is 0 Å². The number of halogens is 2. The van der Waals surface area contributed by atoms with Crippen LogP contribution in [-0.4, -0.2) is 32.1 Å². The lowest BCUT2D eigenvalue weighted by Gasteiger charge is -2.09. The van der Waals surface area contributed by atoms with Gasteiger partial charge in [-0.1, -0.05) is 35.0 Å². The standard InChI is InChI=1S/C16H16Cl2N6S/c17-9-5-10(18)7-12(6-9)25-16-23-13-14(19)21-8-22-15(13)24(16)4-3-20-11-1-2-11/h5-8,11,20H,1-4H2,(H2,19,21,22). The molecule has 0 amide bonds. The number of rotatable bonds is 6. The number of nitrogens with one attached hydrogen (secondary N) is 1. The maximum Gasteiger partial charge on any atom is 0.175 e. The quantitative estimate of drug-likeness (QED) is 0.664. The second kappa shape index (κ2) is 6.99. The van der Waals surface area contributed by atoms with Gasteiger partial charge in [-0.15, -0.1) is 0 Å². The third kappa shape index (κ3) is 3.84. The van der Waals surface area contributed by atoms with E-state index in [1.807, 2.05) is 12.1 Å². The molecule has 0 spiro atoms. The molecule has 1 aromatic carbocycles. The van der Waals surface area contributed by atoms with E-state index in [0.717, 1.165) is 28.8 Å². The number of hydrogen-bond acceptors (Lipinski definition) is 6. The lowest BCUT2D eigenvalue weighted by Crippen LogP contribution is -2.22. The fraction of sp³-hybridized carbons (Fsp3) is 0.312. The molecule has 0 aliphatic heterocycles. The number of benzene rings is 1. The lowest BCUT2D eigenvalue weighted by molar-refractivity contribution is 0.573. The van der Waals surface area contributed by atoms with E-state index in [0.29, 0.717) is 27.4 Å². The van der Waals surface area contributed by atoms with Crippen molar-refractivity contribution >= 4 is 51.9 Å². The highest BCUT2D eigenvalue weighted by atomic mass is 35.5. The topological polar surface area (TPSA) is 81.7 Å². The Labute approximate surface area is 159 Å². The molecular weight excluding hydrogens is 379 g/mol. The molecule has 4 rings (SSSR count). The van der Waals surface area contributed by atoms with Crippen molar-refractivity contribution in [2.45, 2.75) is 35.5 Å². The van der Waals surface area contributed by atoms with Crippen LogP contribution in [0.1, 0.15) is 12.8 Å². The predicted molar refractivity (Wildman–Crippen MR) is 101 cm³/mol. The second-order valence-corrected chi connectivity index (χ2v) is 7.83. The third-order valence-electron chi connectivity index (χ3n) is 3.92. The van der Waals surface area contributed by atoms with Gasteiger partial charge in [0.1, 0.15) is 6.33 Å². The molecule has 3 aromatic rings. The maximum absolute atomic E-state index is 6.11. The second-order valence-electron chi connectivity index (χ2n) is 5.91. The van der Waals surface area contributed by atoms with Crippen LogP contribution in [0.15, 0.2) is 34.6 Å². The monoisotopic (exact) mass is 394 g/mol. The summed E-state index contributed by atoms with van der Waals surface area (Å²) in [5, 5.41) is 5.48. The van der Waals surface area contributed by atoms with Crippen molar-refractivity contribution in [3.8, 4) is 0 Å². The minimum atomic E-state index is 0.380. The summed E-state index contributed by atoms with van der Waals surface area (Å²) in [6, 6.07) is 6.08. The molecule has 6 nitrogen and oxygen atoms in total. The van der Waals surface area contributed by atoms with E-state index in [4.69, 9.17) is 28.9 Å². The molecule has 2 aromatic heterocycles. The highest BCUT2D eigenvalue weighted by Crippen LogP contribution is 2.33. The molecule has 3 N–H and O–H groups in total. The zero-order chi connectivity index (χ0) is 17.4. The molecule has 2 heterocycles. The van der Waals surface area contributed by atoms with Crippen molar-refractivity contribution in [3.63, 3.8) is 0 Å². The first-order valence-electron chi connectivity index (χ1n) is 7.94. The fourth-order valence-electron chi connectivity index (χ4n) is 2.57. The van der Waals surface area contributed by atoms with Gasteiger partial charge in [0.15, 0.2) is 22.1 Å². The smallest absolute Gasteiger partial charge is 0.175 e. The first kappa shape index (κ1) is 16.9. The van der Waals surface area contributed by atoms with Crippen LogP contribution < -0.4 is 11.1 Å². The number of nitrogen functional groups attached to an aromatic ring is 1. The Morgan fingerprint density at radius 3 is 2.68 bits per heavy atom. The van der Waals surface area contributed by atoms with Crippen LogP contribution in [0.25, 0.3) is 11.2 Å². The number of imidazole rings is 1. The van der Waals surface area contributed by atoms with Crippen molar-refractivity contribution in [1.82, 2.24) is 24.8 Å². The van der Waals surface area contributed by atoms with E-state index >= 15 is 0 Å². The van der Waals surface area contributed by atoms with Gasteiger partial charge in [-0.2, -0.15) is 0 Å². The first-order chi connectivity index (χ1) is 12.1. The Bertz CT molecular complexity index is 904. The van der Waals surface area contributed by atoms with Gasteiger partial charge in [0.05, 0.1) is 0 Å². The van der Waals surface area contributed by atoms with Gasteiger partial charge in [0.25, 0.3) is 0 Å². The summed E-state index contributed by atoms with van der Waals surface area (Å²) < 4.78 is 2.06. The Balaban J connectivity index is 1.68.